The third-order valence-electron chi connectivity index (χ3n) is 6.97. The molecule has 0 saturated carbocycles. The number of anilines is 1. The highest BCUT2D eigenvalue weighted by molar-refractivity contribution is 7.19. The Morgan fingerprint density at radius 2 is 2.00 bits per heavy atom. The summed E-state index contributed by atoms with van der Waals surface area (Å²) in [7, 11) is 2.14. The number of pyridine rings is 1. The normalized spacial score (nSPS) is 15.9. The lowest BCUT2D eigenvalue weighted by Crippen LogP contribution is -2.43. The second-order valence-corrected chi connectivity index (χ2v) is 10.7. The molecule has 0 unspecified atom stereocenters. The molecular weight excluding hydrogens is 489 g/mol. The van der Waals surface area contributed by atoms with Crippen molar-refractivity contribution in [1.82, 2.24) is 29.5 Å². The van der Waals surface area contributed by atoms with Crippen LogP contribution in [0.2, 0.25) is 0 Å². The number of hydrogen-bond acceptors (Lipinski definition) is 7. The second kappa shape index (κ2) is 9.77. The molecule has 1 saturated heterocycles. The van der Waals surface area contributed by atoms with Crippen molar-refractivity contribution < 1.29 is 9.18 Å². The highest BCUT2D eigenvalue weighted by atomic mass is 32.1. The second-order valence-electron chi connectivity index (χ2n) is 9.67. The molecule has 1 amide bonds. The van der Waals surface area contributed by atoms with Crippen LogP contribution in [0, 0.1) is 5.82 Å². The van der Waals surface area contributed by atoms with Gasteiger partial charge in [-0.3, -0.25) is 14.7 Å². The van der Waals surface area contributed by atoms with E-state index in [0.29, 0.717) is 10.8 Å². The van der Waals surface area contributed by atoms with Crippen LogP contribution in [0.1, 0.15) is 23.7 Å². The number of amides is 1. The van der Waals surface area contributed by atoms with Gasteiger partial charge in [0.25, 0.3) is 0 Å². The van der Waals surface area contributed by atoms with Crippen molar-refractivity contribution in [3.63, 3.8) is 0 Å². The van der Waals surface area contributed by atoms with Crippen molar-refractivity contribution in [2.45, 2.75) is 26.3 Å². The number of thiazole rings is 1. The molecule has 0 spiro atoms. The van der Waals surface area contributed by atoms with Gasteiger partial charge in [0.1, 0.15) is 11.5 Å². The zero-order valence-electron chi connectivity index (χ0n) is 20.9. The first-order valence-corrected chi connectivity index (χ1v) is 13.3. The minimum Gasteiger partial charge on any atom is -0.304 e. The molecule has 1 aromatic carbocycles. The number of halogens is 1. The zero-order chi connectivity index (χ0) is 25.5. The summed E-state index contributed by atoms with van der Waals surface area (Å²) in [4.78, 5) is 26.3. The van der Waals surface area contributed by atoms with Crippen LogP contribution in [-0.2, 0) is 24.2 Å². The van der Waals surface area contributed by atoms with Crippen LogP contribution in [0.4, 0.5) is 9.52 Å². The Hall–Kier alpha value is -3.47. The summed E-state index contributed by atoms with van der Waals surface area (Å²) in [6.07, 6.45) is 4.97. The monoisotopic (exact) mass is 517 g/mol. The Bertz CT molecular complexity index is 1460. The number of likely N-dealkylation sites (N-methyl/N-ethyl adjacent to an activating group) is 1. The smallest absolute Gasteiger partial charge is 0.223 e. The van der Waals surface area contributed by atoms with Crippen LogP contribution in [0.5, 0.6) is 0 Å². The average Bonchev–Trinajstić information content (AvgIpc) is 3.47. The maximum atomic E-state index is 15.5. The number of aromatic nitrogens is 4. The molecular formula is C27H28FN7OS. The molecule has 2 aliphatic rings. The molecule has 6 rings (SSSR count). The quantitative estimate of drug-likeness (QED) is 0.431. The van der Waals surface area contributed by atoms with Gasteiger partial charge in [-0.2, -0.15) is 5.10 Å². The van der Waals surface area contributed by atoms with E-state index in [1.165, 1.54) is 24.3 Å². The molecule has 1 N–H and O–H groups in total. The van der Waals surface area contributed by atoms with E-state index in [9.17, 15) is 4.79 Å². The summed E-state index contributed by atoms with van der Waals surface area (Å²) < 4.78 is 17.2. The average molecular weight is 518 g/mol. The SMILES string of the molecule is CC(=O)Nc1nc2c(s1)-c1c(c(-c3cccnc3)nn1-c1cc(CN3CCN(C)CC3)ccc1F)CC2. The molecule has 0 radical (unpaired) electrons. The molecule has 10 heteroatoms. The number of nitrogens with one attached hydrogen (secondary N) is 1. The molecule has 0 atom stereocenters. The first kappa shape index (κ1) is 23.9. The number of hydrogen-bond donors (Lipinski definition) is 1. The van der Waals surface area contributed by atoms with E-state index in [1.54, 1.807) is 17.1 Å². The van der Waals surface area contributed by atoms with E-state index >= 15 is 4.39 Å². The van der Waals surface area contributed by atoms with Gasteiger partial charge in [0.05, 0.1) is 22.0 Å². The number of fused-ring (bicyclic) bond motifs is 3. The maximum absolute atomic E-state index is 15.5. The van der Waals surface area contributed by atoms with Crippen molar-refractivity contribution in [3.05, 3.63) is 65.4 Å². The lowest BCUT2D eigenvalue weighted by molar-refractivity contribution is -0.114. The maximum Gasteiger partial charge on any atom is 0.223 e. The predicted molar refractivity (Wildman–Crippen MR) is 142 cm³/mol. The molecule has 1 aliphatic carbocycles. The first-order valence-electron chi connectivity index (χ1n) is 12.5. The van der Waals surface area contributed by atoms with Crippen LogP contribution in [0.15, 0.2) is 42.7 Å². The fourth-order valence-electron chi connectivity index (χ4n) is 5.07. The van der Waals surface area contributed by atoms with Crippen molar-refractivity contribution in [2.75, 3.05) is 38.5 Å². The molecule has 3 aromatic heterocycles. The Kier molecular flexibility index (Phi) is 6.31. The minimum absolute atomic E-state index is 0.168. The Morgan fingerprint density at radius 1 is 1.16 bits per heavy atom. The summed E-state index contributed by atoms with van der Waals surface area (Å²) in [6.45, 7) is 6.26. The van der Waals surface area contributed by atoms with Gasteiger partial charge in [-0.15, -0.1) is 0 Å². The lowest BCUT2D eigenvalue weighted by atomic mass is 9.95. The van der Waals surface area contributed by atoms with Crippen LogP contribution in [-0.4, -0.2) is 68.7 Å². The largest absolute Gasteiger partial charge is 0.304 e. The molecule has 8 nitrogen and oxygen atoms in total. The van der Waals surface area contributed by atoms with Crippen LogP contribution in [0.3, 0.4) is 0 Å². The van der Waals surface area contributed by atoms with Gasteiger partial charge < -0.3 is 10.2 Å². The highest BCUT2D eigenvalue weighted by Gasteiger charge is 2.31. The van der Waals surface area contributed by atoms with Gasteiger partial charge in [-0.05, 0) is 49.7 Å². The summed E-state index contributed by atoms with van der Waals surface area (Å²) in [6, 6.07) is 9.18. The number of aryl methyl sites for hydroxylation is 1. The molecule has 0 bridgehead atoms. The highest BCUT2D eigenvalue weighted by Crippen LogP contribution is 2.44. The van der Waals surface area contributed by atoms with Gasteiger partial charge in [0.15, 0.2) is 5.13 Å². The number of carbonyl (C=O) groups excluding carboxylic acids is 1. The lowest BCUT2D eigenvalue weighted by Gasteiger charge is -2.32. The van der Waals surface area contributed by atoms with Crippen LogP contribution >= 0.6 is 11.3 Å². The van der Waals surface area contributed by atoms with E-state index < -0.39 is 0 Å². The van der Waals surface area contributed by atoms with E-state index in [1.807, 2.05) is 24.3 Å². The number of piperazine rings is 1. The zero-order valence-corrected chi connectivity index (χ0v) is 21.7. The summed E-state index contributed by atoms with van der Waals surface area (Å²) in [5.41, 5.74) is 5.93. The van der Waals surface area contributed by atoms with Crippen molar-refractivity contribution >= 4 is 22.4 Å². The number of benzene rings is 1. The first-order chi connectivity index (χ1) is 18.0. The summed E-state index contributed by atoms with van der Waals surface area (Å²) in [5, 5.41) is 8.32. The third kappa shape index (κ3) is 4.68. The van der Waals surface area contributed by atoms with Crippen molar-refractivity contribution in [3.8, 4) is 27.5 Å². The topological polar surface area (TPSA) is 79.2 Å². The standard InChI is InChI=1S/C27H28FN7OS/c1-17(36)30-27-31-22-8-6-20-24(19-4-3-9-29-15-19)32-35(25(20)26(22)37-27)23-14-18(5-7-21(23)28)16-34-12-10-33(2)11-13-34/h3-5,7,9,14-15H,6,8,10-13,16H2,1-2H3,(H,30,31,36). The Labute approximate surface area is 218 Å². The molecule has 1 aliphatic heterocycles. The van der Waals surface area contributed by atoms with E-state index in [2.05, 4.69) is 32.1 Å². The molecule has 1 fully saturated rings. The minimum atomic E-state index is -0.330. The van der Waals surface area contributed by atoms with Crippen molar-refractivity contribution in [1.29, 1.82) is 0 Å². The van der Waals surface area contributed by atoms with Gasteiger partial charge in [0, 0.05) is 63.2 Å². The van der Waals surface area contributed by atoms with E-state index in [4.69, 9.17) is 5.10 Å². The summed E-state index contributed by atoms with van der Waals surface area (Å²) in [5.74, 6) is -0.498. The van der Waals surface area contributed by atoms with E-state index in [-0.39, 0.29) is 11.7 Å². The van der Waals surface area contributed by atoms with Gasteiger partial charge >= 0.3 is 0 Å². The third-order valence-corrected chi connectivity index (χ3v) is 7.99. The molecule has 4 aromatic rings. The Morgan fingerprint density at radius 3 is 2.76 bits per heavy atom. The van der Waals surface area contributed by atoms with Gasteiger partial charge in [-0.1, -0.05) is 17.4 Å². The van der Waals surface area contributed by atoms with E-state index in [0.717, 1.165) is 84.2 Å². The molecule has 4 heterocycles. The predicted octanol–water partition coefficient (Wildman–Crippen LogP) is 4.00. The van der Waals surface area contributed by atoms with Crippen LogP contribution in [0.25, 0.3) is 27.5 Å². The fourth-order valence-corrected chi connectivity index (χ4v) is 6.18. The van der Waals surface area contributed by atoms with Gasteiger partial charge in [0.2, 0.25) is 5.91 Å². The summed E-state index contributed by atoms with van der Waals surface area (Å²) >= 11 is 1.41. The van der Waals surface area contributed by atoms with Gasteiger partial charge in [-0.25, -0.2) is 14.1 Å². The fraction of sp³-hybridized carbons (Fsp3) is 0.333. The molecule has 37 heavy (non-hydrogen) atoms. The van der Waals surface area contributed by atoms with Crippen molar-refractivity contribution in [2.24, 2.45) is 0 Å². The van der Waals surface area contributed by atoms with Crippen LogP contribution < -0.4 is 5.32 Å². The Balaban J connectivity index is 1.47. The number of nitrogens with zero attached hydrogens (tertiary/aromatic N) is 6. The number of carbonyl (C=O) groups is 1. The molecule has 190 valence electrons. The number of rotatable bonds is 5.